The smallest absolute Gasteiger partial charge is 0.258 e. The standard InChI is InChI=1S/C12H15FN2O2/c1-8-4-6-15(7-10(8)16)12(17)9-3-2-5-14-11(9)13/h2-3,5,8,10,16H,4,6-7H2,1H3. The van der Waals surface area contributed by atoms with Gasteiger partial charge in [-0.25, -0.2) is 4.98 Å². The fourth-order valence-corrected chi connectivity index (χ4v) is 1.95. The van der Waals surface area contributed by atoms with Gasteiger partial charge < -0.3 is 10.0 Å². The molecule has 4 nitrogen and oxygen atoms in total. The highest BCUT2D eigenvalue weighted by Gasteiger charge is 2.29. The molecule has 1 saturated heterocycles. The van der Waals surface area contributed by atoms with Gasteiger partial charge in [-0.1, -0.05) is 6.92 Å². The lowest BCUT2D eigenvalue weighted by Gasteiger charge is -2.34. The molecule has 0 aromatic carbocycles. The molecule has 0 radical (unpaired) electrons. The third-order valence-corrected chi connectivity index (χ3v) is 3.20. The number of piperidine rings is 1. The van der Waals surface area contributed by atoms with Crippen LogP contribution in [0.5, 0.6) is 0 Å². The zero-order valence-electron chi connectivity index (χ0n) is 9.64. The summed E-state index contributed by atoms with van der Waals surface area (Å²) in [7, 11) is 0. The van der Waals surface area contributed by atoms with Gasteiger partial charge in [-0.15, -0.1) is 0 Å². The Bertz CT molecular complexity index is 425. The summed E-state index contributed by atoms with van der Waals surface area (Å²) in [5.41, 5.74) is -0.0331. The van der Waals surface area contributed by atoms with Crippen molar-refractivity contribution >= 4 is 5.91 Å². The SMILES string of the molecule is CC1CCN(C(=O)c2cccnc2F)CC1O. The van der Waals surface area contributed by atoms with E-state index in [0.717, 1.165) is 6.42 Å². The highest BCUT2D eigenvalue weighted by atomic mass is 19.1. The van der Waals surface area contributed by atoms with E-state index in [0.29, 0.717) is 6.54 Å². The van der Waals surface area contributed by atoms with Crippen LogP contribution in [0.3, 0.4) is 0 Å². The Hall–Kier alpha value is -1.49. The fraction of sp³-hybridized carbons (Fsp3) is 0.500. The molecule has 1 aromatic rings. The highest BCUT2D eigenvalue weighted by molar-refractivity contribution is 5.94. The molecule has 1 amide bonds. The summed E-state index contributed by atoms with van der Waals surface area (Å²) in [6, 6.07) is 2.94. The molecule has 2 unspecified atom stereocenters. The van der Waals surface area contributed by atoms with Crippen molar-refractivity contribution < 1.29 is 14.3 Å². The van der Waals surface area contributed by atoms with Gasteiger partial charge >= 0.3 is 0 Å². The number of carbonyl (C=O) groups is 1. The Morgan fingerprint density at radius 3 is 3.06 bits per heavy atom. The summed E-state index contributed by atoms with van der Waals surface area (Å²) >= 11 is 0. The summed E-state index contributed by atoms with van der Waals surface area (Å²) in [5, 5.41) is 9.71. The van der Waals surface area contributed by atoms with Crippen LogP contribution in [0.15, 0.2) is 18.3 Å². The first kappa shape index (κ1) is 12.0. The predicted octanol–water partition coefficient (Wildman–Crippen LogP) is 1.06. The molecular weight excluding hydrogens is 223 g/mol. The third-order valence-electron chi connectivity index (χ3n) is 3.20. The number of rotatable bonds is 1. The van der Waals surface area contributed by atoms with E-state index in [2.05, 4.69) is 4.98 Å². The number of hydrogen-bond donors (Lipinski definition) is 1. The van der Waals surface area contributed by atoms with Crippen LogP contribution >= 0.6 is 0 Å². The number of carbonyl (C=O) groups excluding carboxylic acids is 1. The minimum absolute atomic E-state index is 0.0331. The number of halogens is 1. The first-order chi connectivity index (χ1) is 8.09. The van der Waals surface area contributed by atoms with Crippen LogP contribution in [-0.2, 0) is 0 Å². The Morgan fingerprint density at radius 2 is 2.41 bits per heavy atom. The average Bonchev–Trinajstić information content (AvgIpc) is 2.32. The van der Waals surface area contributed by atoms with Crippen molar-refractivity contribution in [2.75, 3.05) is 13.1 Å². The van der Waals surface area contributed by atoms with Gasteiger partial charge in [-0.05, 0) is 24.5 Å². The quantitative estimate of drug-likeness (QED) is 0.744. The zero-order valence-corrected chi connectivity index (χ0v) is 9.64. The summed E-state index contributed by atoms with van der Waals surface area (Å²) in [5.74, 6) is -0.982. The lowest BCUT2D eigenvalue weighted by atomic mass is 9.95. The number of aliphatic hydroxyl groups excluding tert-OH is 1. The van der Waals surface area contributed by atoms with E-state index < -0.39 is 18.0 Å². The van der Waals surface area contributed by atoms with E-state index >= 15 is 0 Å². The molecule has 2 heterocycles. The predicted molar refractivity (Wildman–Crippen MR) is 59.9 cm³/mol. The summed E-state index contributed by atoms with van der Waals surface area (Å²) in [6.45, 7) is 2.75. The van der Waals surface area contributed by atoms with Crippen LogP contribution in [0.25, 0.3) is 0 Å². The number of aromatic nitrogens is 1. The maximum atomic E-state index is 13.3. The van der Waals surface area contributed by atoms with Crippen molar-refractivity contribution in [1.82, 2.24) is 9.88 Å². The molecule has 1 aliphatic rings. The van der Waals surface area contributed by atoms with E-state index in [1.165, 1.54) is 23.2 Å². The minimum atomic E-state index is -0.759. The van der Waals surface area contributed by atoms with Gasteiger partial charge in [0.2, 0.25) is 5.95 Å². The molecular formula is C12H15FN2O2. The second kappa shape index (κ2) is 4.79. The van der Waals surface area contributed by atoms with Crippen molar-refractivity contribution in [1.29, 1.82) is 0 Å². The topological polar surface area (TPSA) is 53.4 Å². The molecule has 1 fully saturated rings. The molecule has 1 aromatic heterocycles. The van der Waals surface area contributed by atoms with E-state index in [9.17, 15) is 14.3 Å². The number of likely N-dealkylation sites (tertiary alicyclic amines) is 1. The normalized spacial score (nSPS) is 24.8. The number of pyridine rings is 1. The Balaban J connectivity index is 2.14. The second-order valence-electron chi connectivity index (χ2n) is 4.43. The Labute approximate surface area is 99.1 Å². The van der Waals surface area contributed by atoms with Crippen molar-refractivity contribution in [2.24, 2.45) is 5.92 Å². The largest absolute Gasteiger partial charge is 0.391 e. The molecule has 2 rings (SSSR count). The Kier molecular flexibility index (Phi) is 3.38. The van der Waals surface area contributed by atoms with Gasteiger partial charge in [0, 0.05) is 19.3 Å². The number of amides is 1. The van der Waals surface area contributed by atoms with Crippen molar-refractivity contribution in [2.45, 2.75) is 19.4 Å². The molecule has 2 atom stereocenters. The number of aliphatic hydroxyl groups is 1. The van der Waals surface area contributed by atoms with E-state index in [-0.39, 0.29) is 18.0 Å². The molecule has 92 valence electrons. The lowest BCUT2D eigenvalue weighted by molar-refractivity contribution is 0.0245. The molecule has 17 heavy (non-hydrogen) atoms. The Morgan fingerprint density at radius 1 is 1.65 bits per heavy atom. The minimum Gasteiger partial charge on any atom is -0.391 e. The number of β-amino-alcohol motifs (C(OH)–C–C–N with tert-alkyl or cyclic N) is 1. The average molecular weight is 238 g/mol. The van der Waals surface area contributed by atoms with Gasteiger partial charge in [-0.3, -0.25) is 4.79 Å². The molecule has 0 aliphatic carbocycles. The zero-order chi connectivity index (χ0) is 12.4. The molecule has 0 bridgehead atoms. The van der Waals surface area contributed by atoms with Crippen molar-refractivity contribution in [3.63, 3.8) is 0 Å². The van der Waals surface area contributed by atoms with Crippen LogP contribution in [0, 0.1) is 11.9 Å². The first-order valence-corrected chi connectivity index (χ1v) is 5.67. The maximum absolute atomic E-state index is 13.3. The van der Waals surface area contributed by atoms with Gasteiger partial charge in [0.1, 0.15) is 0 Å². The lowest BCUT2D eigenvalue weighted by Crippen LogP contribution is -2.46. The van der Waals surface area contributed by atoms with Crippen molar-refractivity contribution in [3.8, 4) is 0 Å². The van der Waals surface area contributed by atoms with Gasteiger partial charge in [0.05, 0.1) is 11.7 Å². The number of nitrogens with zero attached hydrogens (tertiary/aromatic N) is 2. The monoisotopic (exact) mass is 238 g/mol. The van der Waals surface area contributed by atoms with Crippen LogP contribution in [0.1, 0.15) is 23.7 Å². The fourth-order valence-electron chi connectivity index (χ4n) is 1.95. The second-order valence-corrected chi connectivity index (χ2v) is 4.43. The summed E-state index contributed by atoms with van der Waals surface area (Å²) in [6.07, 6.45) is 1.50. The van der Waals surface area contributed by atoms with E-state index in [1.54, 1.807) is 0 Å². The third kappa shape index (κ3) is 2.44. The first-order valence-electron chi connectivity index (χ1n) is 5.67. The summed E-state index contributed by atoms with van der Waals surface area (Å²) in [4.78, 5) is 16.9. The van der Waals surface area contributed by atoms with Crippen LogP contribution in [0.2, 0.25) is 0 Å². The van der Waals surface area contributed by atoms with Gasteiger partial charge in [0.15, 0.2) is 0 Å². The molecule has 1 N–H and O–H groups in total. The number of hydrogen-bond acceptors (Lipinski definition) is 3. The van der Waals surface area contributed by atoms with Crippen LogP contribution < -0.4 is 0 Å². The highest BCUT2D eigenvalue weighted by Crippen LogP contribution is 2.19. The van der Waals surface area contributed by atoms with E-state index in [1.807, 2.05) is 6.92 Å². The van der Waals surface area contributed by atoms with Crippen LogP contribution in [0.4, 0.5) is 4.39 Å². The van der Waals surface area contributed by atoms with E-state index in [4.69, 9.17) is 0 Å². The molecule has 0 saturated carbocycles. The van der Waals surface area contributed by atoms with Gasteiger partial charge in [-0.2, -0.15) is 4.39 Å². The van der Waals surface area contributed by atoms with Crippen LogP contribution in [-0.4, -0.2) is 40.1 Å². The summed E-state index contributed by atoms with van der Waals surface area (Å²) < 4.78 is 13.3. The maximum Gasteiger partial charge on any atom is 0.258 e. The van der Waals surface area contributed by atoms with Gasteiger partial charge in [0.25, 0.3) is 5.91 Å². The molecule has 1 aliphatic heterocycles. The molecule has 5 heteroatoms. The molecule has 0 spiro atoms. The van der Waals surface area contributed by atoms with Crippen molar-refractivity contribution in [3.05, 3.63) is 29.8 Å².